The van der Waals surface area contributed by atoms with Crippen molar-refractivity contribution < 1.29 is 14.3 Å². The zero-order chi connectivity index (χ0) is 22.1. The Hall–Kier alpha value is -2.83. The fourth-order valence-corrected chi connectivity index (χ4v) is 5.43. The van der Waals surface area contributed by atoms with Gasteiger partial charge in [0.25, 0.3) is 5.91 Å². The first kappa shape index (κ1) is 21.4. The number of methoxy groups -OCH3 is 1. The maximum atomic E-state index is 13.0. The molecule has 4 rings (SSSR count). The lowest BCUT2D eigenvalue weighted by Crippen LogP contribution is -2.58. The summed E-state index contributed by atoms with van der Waals surface area (Å²) in [6.07, 6.45) is 3.61. The number of rotatable bonds is 5. The van der Waals surface area contributed by atoms with Gasteiger partial charge in [0.05, 0.1) is 12.8 Å². The molecule has 1 aromatic heterocycles. The topological polar surface area (TPSA) is 85.2 Å². The second kappa shape index (κ2) is 8.73. The molecule has 1 aliphatic carbocycles. The minimum Gasteiger partial charge on any atom is -0.496 e. The lowest BCUT2D eigenvalue weighted by molar-refractivity contribution is -0.133. The number of aromatic nitrogens is 2. The average Bonchev–Trinajstić information content (AvgIpc) is 3.15. The number of hydrogen-bond acceptors (Lipinski definition) is 4. The highest BCUT2D eigenvalue weighted by molar-refractivity contribution is 5.94. The predicted octanol–water partition coefficient (Wildman–Crippen LogP) is 3.15. The number of hydrogen-bond donors (Lipinski definition) is 2. The summed E-state index contributed by atoms with van der Waals surface area (Å²) >= 11 is 0. The van der Waals surface area contributed by atoms with Crippen LogP contribution in [0.4, 0.5) is 0 Å². The molecule has 0 spiro atoms. The van der Waals surface area contributed by atoms with Crippen LogP contribution in [0.25, 0.3) is 11.3 Å². The van der Waals surface area contributed by atoms with Gasteiger partial charge in [-0.15, -0.1) is 0 Å². The van der Waals surface area contributed by atoms with Crippen LogP contribution in [-0.2, 0) is 11.8 Å². The quantitative estimate of drug-likeness (QED) is 0.772. The average molecular weight is 425 g/mol. The van der Waals surface area contributed by atoms with Gasteiger partial charge in [0.2, 0.25) is 5.91 Å². The SMILES string of the molecule is CCC1C(=O)NC2CC(NC(=O)c3cc(-c4ccccc4OC)nn3C)CCC2C1C. The minimum absolute atomic E-state index is 0.0454. The summed E-state index contributed by atoms with van der Waals surface area (Å²) in [4.78, 5) is 25.5. The summed E-state index contributed by atoms with van der Waals surface area (Å²) in [5, 5.41) is 10.9. The first-order chi connectivity index (χ1) is 14.9. The Morgan fingerprint density at radius 1 is 1.32 bits per heavy atom. The summed E-state index contributed by atoms with van der Waals surface area (Å²) in [5.41, 5.74) is 2.06. The first-order valence-electron chi connectivity index (χ1n) is 11.2. The van der Waals surface area contributed by atoms with Crippen LogP contribution in [0.15, 0.2) is 30.3 Å². The molecular formula is C24H32N4O3. The van der Waals surface area contributed by atoms with Crippen molar-refractivity contribution in [1.29, 1.82) is 0 Å². The van der Waals surface area contributed by atoms with Crippen LogP contribution < -0.4 is 15.4 Å². The smallest absolute Gasteiger partial charge is 0.269 e. The second-order valence-electron chi connectivity index (χ2n) is 8.87. The number of carbonyl (C=O) groups excluding carboxylic acids is 2. The van der Waals surface area contributed by atoms with Crippen molar-refractivity contribution in [2.24, 2.45) is 24.8 Å². The highest BCUT2D eigenvalue weighted by Gasteiger charge is 2.43. The van der Waals surface area contributed by atoms with Crippen LogP contribution in [0.5, 0.6) is 5.75 Å². The molecule has 5 unspecified atom stereocenters. The van der Waals surface area contributed by atoms with E-state index in [1.807, 2.05) is 24.3 Å². The van der Waals surface area contributed by atoms with Gasteiger partial charge in [0.1, 0.15) is 11.4 Å². The third-order valence-electron chi connectivity index (χ3n) is 7.15. The maximum Gasteiger partial charge on any atom is 0.269 e. The monoisotopic (exact) mass is 424 g/mol. The van der Waals surface area contributed by atoms with Gasteiger partial charge in [-0.3, -0.25) is 14.3 Å². The number of piperidine rings is 1. The number of nitrogens with one attached hydrogen (secondary N) is 2. The normalized spacial score (nSPS) is 27.9. The molecule has 2 amide bonds. The molecule has 2 fully saturated rings. The summed E-state index contributed by atoms with van der Waals surface area (Å²) < 4.78 is 7.04. The van der Waals surface area contributed by atoms with E-state index in [9.17, 15) is 9.59 Å². The summed E-state index contributed by atoms with van der Waals surface area (Å²) in [7, 11) is 3.40. The van der Waals surface area contributed by atoms with Crippen molar-refractivity contribution in [2.45, 2.75) is 51.6 Å². The van der Waals surface area contributed by atoms with Gasteiger partial charge in [-0.05, 0) is 55.7 Å². The Labute approximate surface area is 183 Å². The van der Waals surface area contributed by atoms with Crippen molar-refractivity contribution in [3.8, 4) is 17.0 Å². The highest BCUT2D eigenvalue weighted by Crippen LogP contribution is 2.39. The Bertz CT molecular complexity index is 969. The molecule has 1 aliphatic heterocycles. The minimum atomic E-state index is -0.138. The van der Waals surface area contributed by atoms with Crippen LogP contribution in [0, 0.1) is 17.8 Å². The van der Waals surface area contributed by atoms with Crippen molar-refractivity contribution in [1.82, 2.24) is 20.4 Å². The van der Waals surface area contributed by atoms with Gasteiger partial charge in [-0.2, -0.15) is 5.10 Å². The highest BCUT2D eigenvalue weighted by atomic mass is 16.5. The van der Waals surface area contributed by atoms with Crippen molar-refractivity contribution in [2.75, 3.05) is 7.11 Å². The zero-order valence-electron chi connectivity index (χ0n) is 18.7. The van der Waals surface area contributed by atoms with Crippen LogP contribution in [-0.4, -0.2) is 40.8 Å². The molecule has 2 aliphatic rings. The van der Waals surface area contributed by atoms with E-state index in [0.29, 0.717) is 23.2 Å². The molecule has 2 aromatic rings. The van der Waals surface area contributed by atoms with Gasteiger partial charge >= 0.3 is 0 Å². The molecule has 1 saturated carbocycles. The third-order valence-corrected chi connectivity index (χ3v) is 7.15. The van der Waals surface area contributed by atoms with Gasteiger partial charge in [0.15, 0.2) is 0 Å². The number of amides is 2. The van der Waals surface area contributed by atoms with Gasteiger partial charge in [-0.1, -0.05) is 26.0 Å². The molecule has 2 heterocycles. The molecule has 5 atom stereocenters. The van der Waals surface area contributed by atoms with E-state index in [-0.39, 0.29) is 29.8 Å². The van der Waals surface area contributed by atoms with Crippen LogP contribution >= 0.6 is 0 Å². The fourth-order valence-electron chi connectivity index (χ4n) is 5.43. The molecule has 7 nitrogen and oxygen atoms in total. The van der Waals surface area contributed by atoms with Crippen LogP contribution in [0.3, 0.4) is 0 Å². The van der Waals surface area contributed by atoms with E-state index in [1.54, 1.807) is 24.9 Å². The molecule has 2 N–H and O–H groups in total. The van der Waals surface area contributed by atoms with E-state index in [2.05, 4.69) is 29.6 Å². The summed E-state index contributed by atoms with van der Waals surface area (Å²) in [6, 6.07) is 9.63. The third kappa shape index (κ3) is 4.05. The van der Waals surface area contributed by atoms with Crippen molar-refractivity contribution in [3.63, 3.8) is 0 Å². The fraction of sp³-hybridized carbons (Fsp3) is 0.542. The molecular weight excluding hydrogens is 392 g/mol. The number of ether oxygens (including phenoxy) is 1. The van der Waals surface area contributed by atoms with Crippen molar-refractivity contribution in [3.05, 3.63) is 36.0 Å². The number of para-hydroxylation sites is 1. The number of benzene rings is 1. The van der Waals surface area contributed by atoms with E-state index in [1.165, 1.54) is 0 Å². The van der Waals surface area contributed by atoms with E-state index < -0.39 is 0 Å². The number of nitrogens with zero attached hydrogens (tertiary/aromatic N) is 2. The largest absolute Gasteiger partial charge is 0.496 e. The van der Waals surface area contributed by atoms with E-state index >= 15 is 0 Å². The van der Waals surface area contributed by atoms with Crippen molar-refractivity contribution >= 4 is 11.8 Å². The number of carbonyl (C=O) groups is 2. The van der Waals surface area contributed by atoms with Gasteiger partial charge < -0.3 is 15.4 Å². The first-order valence-corrected chi connectivity index (χ1v) is 11.2. The van der Waals surface area contributed by atoms with Crippen LogP contribution in [0.1, 0.15) is 50.0 Å². The Morgan fingerprint density at radius 3 is 2.84 bits per heavy atom. The molecule has 31 heavy (non-hydrogen) atoms. The molecule has 166 valence electrons. The Balaban J connectivity index is 1.45. The lowest BCUT2D eigenvalue weighted by Gasteiger charge is -2.46. The summed E-state index contributed by atoms with van der Waals surface area (Å²) in [6.45, 7) is 4.29. The zero-order valence-corrected chi connectivity index (χ0v) is 18.7. The lowest BCUT2D eigenvalue weighted by atomic mass is 9.67. The standard InChI is InChI=1S/C24H32N4O3/c1-5-16-14(2)17-11-10-15(12-19(17)26-23(16)29)25-24(30)21-13-20(27-28(21)3)18-8-6-7-9-22(18)31-4/h6-9,13-17,19H,5,10-12H2,1-4H3,(H,25,30)(H,26,29). The Kier molecular flexibility index (Phi) is 6.03. The molecule has 0 radical (unpaired) electrons. The van der Waals surface area contributed by atoms with E-state index in [4.69, 9.17) is 4.74 Å². The second-order valence-corrected chi connectivity index (χ2v) is 8.87. The van der Waals surface area contributed by atoms with Gasteiger partial charge in [-0.25, -0.2) is 0 Å². The van der Waals surface area contributed by atoms with Gasteiger partial charge in [0, 0.05) is 30.6 Å². The Morgan fingerprint density at radius 2 is 2.10 bits per heavy atom. The number of fused-ring (bicyclic) bond motifs is 1. The summed E-state index contributed by atoms with van der Waals surface area (Å²) in [5.74, 6) is 1.73. The molecule has 0 bridgehead atoms. The predicted molar refractivity (Wildman–Crippen MR) is 119 cm³/mol. The molecule has 1 saturated heterocycles. The number of aryl methyl sites for hydroxylation is 1. The molecule has 7 heteroatoms. The molecule has 1 aromatic carbocycles. The van der Waals surface area contributed by atoms with Crippen LogP contribution in [0.2, 0.25) is 0 Å². The maximum absolute atomic E-state index is 13.0. The van der Waals surface area contributed by atoms with E-state index in [0.717, 1.165) is 37.0 Å².